The molecular formula is C21H22F2N8O. The second-order valence-corrected chi connectivity index (χ2v) is 7.52. The summed E-state index contributed by atoms with van der Waals surface area (Å²) in [6.07, 6.45) is 5.11. The number of hydrogen-bond donors (Lipinski definition) is 4. The van der Waals surface area contributed by atoms with Crippen molar-refractivity contribution in [1.82, 2.24) is 19.9 Å². The minimum absolute atomic E-state index is 0.0878. The van der Waals surface area contributed by atoms with Crippen LogP contribution in [0.1, 0.15) is 29.8 Å². The lowest BCUT2D eigenvalue weighted by Crippen LogP contribution is -2.55. The van der Waals surface area contributed by atoms with E-state index in [2.05, 4.69) is 30.6 Å². The van der Waals surface area contributed by atoms with Gasteiger partial charge in [0.15, 0.2) is 17.3 Å². The molecule has 1 aliphatic rings. The van der Waals surface area contributed by atoms with Gasteiger partial charge in [0.2, 0.25) is 0 Å². The third-order valence-electron chi connectivity index (χ3n) is 5.23. The van der Waals surface area contributed by atoms with Crippen LogP contribution in [0, 0.1) is 0 Å². The van der Waals surface area contributed by atoms with Crippen molar-refractivity contribution in [3.8, 4) is 11.4 Å². The lowest BCUT2D eigenvalue weighted by Gasteiger charge is -2.36. The number of alkyl halides is 2. The van der Waals surface area contributed by atoms with Crippen LogP contribution in [0.5, 0.6) is 0 Å². The molecule has 2 aromatic heterocycles. The van der Waals surface area contributed by atoms with E-state index in [9.17, 15) is 13.6 Å². The quantitative estimate of drug-likeness (QED) is 0.458. The summed E-state index contributed by atoms with van der Waals surface area (Å²) in [6, 6.07) is 6.84. The van der Waals surface area contributed by atoms with Gasteiger partial charge in [-0.05, 0) is 31.0 Å². The number of aromatic nitrogens is 4. The van der Waals surface area contributed by atoms with Gasteiger partial charge in [0.05, 0.1) is 12.2 Å². The van der Waals surface area contributed by atoms with Crippen molar-refractivity contribution in [3.63, 3.8) is 0 Å². The summed E-state index contributed by atoms with van der Waals surface area (Å²) in [5.41, 5.74) is 12.4. The highest BCUT2D eigenvalue weighted by Crippen LogP contribution is 2.34. The fraction of sp³-hybridized carbons (Fsp3) is 0.286. The van der Waals surface area contributed by atoms with E-state index in [0.29, 0.717) is 24.4 Å². The van der Waals surface area contributed by atoms with Crippen LogP contribution in [0.3, 0.4) is 0 Å². The molecule has 1 aliphatic carbocycles. The number of nitrogens with zero attached hydrogens (tertiary/aromatic N) is 4. The van der Waals surface area contributed by atoms with E-state index in [1.165, 1.54) is 6.20 Å². The Hall–Kier alpha value is -3.73. The summed E-state index contributed by atoms with van der Waals surface area (Å²) in [5, 5.41) is 5.94. The van der Waals surface area contributed by atoms with Gasteiger partial charge in [-0.1, -0.05) is 12.1 Å². The first kappa shape index (κ1) is 21.5. The van der Waals surface area contributed by atoms with Gasteiger partial charge in [0.25, 0.3) is 11.8 Å². The molecule has 166 valence electrons. The minimum atomic E-state index is -2.96. The lowest BCUT2D eigenvalue weighted by molar-refractivity contribution is -0.0554. The fourth-order valence-corrected chi connectivity index (χ4v) is 3.60. The highest BCUT2D eigenvalue weighted by atomic mass is 19.3. The molecule has 32 heavy (non-hydrogen) atoms. The fourth-order valence-electron chi connectivity index (χ4n) is 3.60. The number of amides is 1. The molecule has 11 heteroatoms. The maximum Gasteiger partial charge on any atom is 0.271 e. The van der Waals surface area contributed by atoms with Crippen LogP contribution < -0.4 is 22.1 Å². The van der Waals surface area contributed by atoms with Crippen molar-refractivity contribution in [2.75, 3.05) is 10.6 Å². The first-order chi connectivity index (χ1) is 15.3. The van der Waals surface area contributed by atoms with E-state index in [-0.39, 0.29) is 23.8 Å². The Kier molecular flexibility index (Phi) is 5.91. The average molecular weight is 440 g/mol. The van der Waals surface area contributed by atoms with Gasteiger partial charge in [-0.3, -0.25) is 4.79 Å². The van der Waals surface area contributed by atoms with E-state index in [1.807, 2.05) is 6.07 Å². The number of nitrogens with one attached hydrogen (secondary N) is 2. The molecule has 0 bridgehead atoms. The summed E-state index contributed by atoms with van der Waals surface area (Å²) < 4.78 is 28.0. The molecule has 6 N–H and O–H groups in total. The van der Waals surface area contributed by atoms with Gasteiger partial charge < -0.3 is 22.1 Å². The van der Waals surface area contributed by atoms with Crippen molar-refractivity contribution in [1.29, 1.82) is 0 Å². The Balaban J connectivity index is 1.60. The van der Waals surface area contributed by atoms with Gasteiger partial charge in [0.1, 0.15) is 5.82 Å². The first-order valence-electron chi connectivity index (χ1n) is 10.0. The van der Waals surface area contributed by atoms with Gasteiger partial charge >= 0.3 is 0 Å². The number of rotatable bonds is 6. The molecule has 0 unspecified atom stereocenters. The molecule has 0 radical (unpaired) electrons. The highest BCUT2D eigenvalue weighted by molar-refractivity contribution is 5.96. The van der Waals surface area contributed by atoms with Crippen LogP contribution in [0.4, 0.5) is 26.1 Å². The number of benzene rings is 1. The third kappa shape index (κ3) is 4.62. The molecule has 1 aromatic carbocycles. The second-order valence-electron chi connectivity index (χ2n) is 7.52. The van der Waals surface area contributed by atoms with Crippen LogP contribution in [0.25, 0.3) is 11.4 Å². The Morgan fingerprint density at radius 3 is 2.69 bits per heavy atom. The second kappa shape index (κ2) is 8.79. The molecule has 2 heterocycles. The average Bonchev–Trinajstić information content (AvgIpc) is 2.78. The molecule has 1 amide bonds. The van der Waals surface area contributed by atoms with E-state index >= 15 is 0 Å². The number of hydrogen-bond acceptors (Lipinski definition) is 8. The van der Waals surface area contributed by atoms with Crippen LogP contribution in [-0.4, -0.2) is 43.8 Å². The van der Waals surface area contributed by atoms with Gasteiger partial charge in [-0.15, -0.1) is 0 Å². The SMILES string of the molecule is NC(=O)c1ncc(N[C@@H]2CCCC(F)(F)[C@@H]2N)nc1Nc1cccc(-c2ncccn2)c1. The predicted octanol–water partition coefficient (Wildman–Crippen LogP) is 2.70. The third-order valence-corrected chi connectivity index (χ3v) is 5.23. The van der Waals surface area contributed by atoms with Crippen molar-refractivity contribution in [2.24, 2.45) is 11.5 Å². The van der Waals surface area contributed by atoms with Crippen LogP contribution in [0.2, 0.25) is 0 Å². The van der Waals surface area contributed by atoms with Gasteiger partial charge in [0, 0.05) is 36.1 Å². The molecule has 4 rings (SSSR count). The largest absolute Gasteiger partial charge is 0.364 e. The maximum atomic E-state index is 14.0. The van der Waals surface area contributed by atoms with Crippen molar-refractivity contribution >= 4 is 23.2 Å². The van der Waals surface area contributed by atoms with Gasteiger partial charge in [-0.2, -0.15) is 0 Å². The summed E-state index contributed by atoms with van der Waals surface area (Å²) in [7, 11) is 0. The zero-order valence-electron chi connectivity index (χ0n) is 17.0. The molecule has 2 atom stereocenters. The molecule has 0 aliphatic heterocycles. The number of carbonyl (C=O) groups is 1. The van der Waals surface area contributed by atoms with Crippen molar-refractivity contribution < 1.29 is 13.6 Å². The number of primary amides is 1. The molecule has 0 saturated heterocycles. The van der Waals surface area contributed by atoms with E-state index in [0.717, 1.165) is 5.56 Å². The Morgan fingerprint density at radius 2 is 1.94 bits per heavy atom. The number of anilines is 3. The van der Waals surface area contributed by atoms with Crippen LogP contribution in [0.15, 0.2) is 48.9 Å². The zero-order valence-corrected chi connectivity index (χ0v) is 17.0. The Morgan fingerprint density at radius 1 is 1.16 bits per heavy atom. The lowest BCUT2D eigenvalue weighted by atomic mass is 9.87. The Labute approximate surface area is 182 Å². The van der Waals surface area contributed by atoms with Crippen molar-refractivity contribution in [3.05, 3.63) is 54.6 Å². The molecule has 0 spiro atoms. The van der Waals surface area contributed by atoms with Crippen molar-refractivity contribution in [2.45, 2.75) is 37.3 Å². The summed E-state index contributed by atoms with van der Waals surface area (Å²) >= 11 is 0. The minimum Gasteiger partial charge on any atom is -0.364 e. The molecule has 9 nitrogen and oxygen atoms in total. The molecule has 1 saturated carbocycles. The monoisotopic (exact) mass is 440 g/mol. The van der Waals surface area contributed by atoms with Crippen LogP contribution >= 0.6 is 0 Å². The topological polar surface area (TPSA) is 145 Å². The normalized spacial score (nSPS) is 19.8. The first-order valence-corrected chi connectivity index (χ1v) is 10.0. The summed E-state index contributed by atoms with van der Waals surface area (Å²) in [6.45, 7) is 0. The van der Waals surface area contributed by atoms with E-state index in [4.69, 9.17) is 11.5 Å². The highest BCUT2D eigenvalue weighted by Gasteiger charge is 2.44. The maximum absolute atomic E-state index is 14.0. The molecule has 3 aromatic rings. The number of halogens is 2. The number of nitrogens with two attached hydrogens (primary N) is 2. The Bertz CT molecular complexity index is 1110. The van der Waals surface area contributed by atoms with Gasteiger partial charge in [-0.25, -0.2) is 28.7 Å². The number of carbonyl (C=O) groups excluding carboxylic acids is 1. The molecular weight excluding hydrogens is 418 g/mol. The summed E-state index contributed by atoms with van der Waals surface area (Å²) in [5.74, 6) is -2.92. The zero-order chi connectivity index (χ0) is 22.7. The standard InChI is InChI=1S/C21H22F2N8O/c22-21(23)7-2-6-14(17(21)24)30-15-11-28-16(18(25)32)20(31-15)29-13-5-1-4-12(10-13)19-26-8-3-9-27-19/h1,3-5,8-11,14,17H,2,6-7,24H2,(H2,25,32)(H2,29,30,31)/t14-,17-/m1/s1. The molecule has 1 fully saturated rings. The summed E-state index contributed by atoms with van der Waals surface area (Å²) in [4.78, 5) is 28.7. The van der Waals surface area contributed by atoms with E-state index < -0.39 is 23.9 Å². The predicted molar refractivity (Wildman–Crippen MR) is 115 cm³/mol. The van der Waals surface area contributed by atoms with E-state index in [1.54, 1.807) is 36.7 Å². The smallest absolute Gasteiger partial charge is 0.271 e. The van der Waals surface area contributed by atoms with Crippen LogP contribution in [-0.2, 0) is 0 Å².